The topological polar surface area (TPSA) is 88.5 Å². The van der Waals surface area contributed by atoms with Crippen LogP contribution in [0.2, 0.25) is 0 Å². The summed E-state index contributed by atoms with van der Waals surface area (Å²) >= 11 is 7.11. The predicted molar refractivity (Wildman–Crippen MR) is 106 cm³/mol. The number of hydrogen-bond acceptors (Lipinski definition) is 4. The van der Waals surface area contributed by atoms with E-state index >= 15 is 0 Å². The predicted octanol–water partition coefficient (Wildman–Crippen LogP) is 3.96. The van der Waals surface area contributed by atoms with E-state index in [1.54, 1.807) is 0 Å². The third-order valence-electron chi connectivity index (χ3n) is 3.24. The number of aromatic amines is 1. The monoisotopic (exact) mass is 449 g/mol. The zero-order valence-corrected chi connectivity index (χ0v) is 15.3. The Hall–Kier alpha value is -2.33. The summed E-state index contributed by atoms with van der Waals surface area (Å²) in [5.41, 5.74) is 7.27. The fraction of sp³-hybridized carbons (Fsp3) is 0. The summed E-state index contributed by atoms with van der Waals surface area (Å²) in [7, 11) is 0. The van der Waals surface area contributed by atoms with Gasteiger partial charge in [0.05, 0.1) is 11.4 Å². The van der Waals surface area contributed by atoms with E-state index in [2.05, 4.69) is 37.9 Å². The molecule has 0 aliphatic rings. The number of azo groups is 1. The van der Waals surface area contributed by atoms with Gasteiger partial charge in [-0.05, 0) is 59.1 Å². The Balaban J connectivity index is 2.10. The van der Waals surface area contributed by atoms with E-state index in [4.69, 9.17) is 18.0 Å². The minimum Gasteiger partial charge on any atom is -0.374 e. The third kappa shape index (κ3) is 3.44. The van der Waals surface area contributed by atoms with Gasteiger partial charge in [0.15, 0.2) is 10.8 Å². The summed E-state index contributed by atoms with van der Waals surface area (Å²) in [6.45, 7) is 0. The number of aromatic nitrogens is 2. The van der Waals surface area contributed by atoms with Gasteiger partial charge in [-0.25, -0.2) is 0 Å². The molecule has 2 aromatic carbocycles. The molecule has 0 bridgehead atoms. The second-order valence-electron chi connectivity index (χ2n) is 4.86. The van der Waals surface area contributed by atoms with Gasteiger partial charge in [0.1, 0.15) is 0 Å². The molecule has 0 spiro atoms. The molecule has 0 saturated heterocycles. The number of hydrogen-bond donors (Lipinski definition) is 2. The average Bonchev–Trinajstić information content (AvgIpc) is 2.92. The van der Waals surface area contributed by atoms with E-state index in [9.17, 15) is 4.79 Å². The summed E-state index contributed by atoms with van der Waals surface area (Å²) in [6, 6.07) is 16.8. The largest absolute Gasteiger partial charge is 0.374 e. The first-order valence-electron chi connectivity index (χ1n) is 6.94. The molecule has 0 aliphatic heterocycles. The van der Waals surface area contributed by atoms with Gasteiger partial charge in [0, 0.05) is 9.13 Å². The Morgan fingerprint density at radius 3 is 2.38 bits per heavy atom. The minimum absolute atomic E-state index is 0.0760. The molecule has 1 heterocycles. The lowest BCUT2D eigenvalue weighted by molar-refractivity contribution is 0.910. The SMILES string of the molecule is NC(=S)n1[nH]c(-c2ccccc2)c(N=Nc2ccc(I)cc2)c1=O. The fourth-order valence-electron chi connectivity index (χ4n) is 2.10. The van der Waals surface area contributed by atoms with Gasteiger partial charge in [0.2, 0.25) is 0 Å². The zero-order valence-electron chi connectivity index (χ0n) is 12.3. The lowest BCUT2D eigenvalue weighted by Gasteiger charge is -1.99. The maximum atomic E-state index is 12.5. The standard InChI is InChI=1S/C16H12IN5OS/c17-11-6-8-12(9-7-11)19-20-14-13(10-4-2-1-3-5-10)21-22(15(14)23)16(18)24/h1-9,21H,(H2,18,24). The van der Waals surface area contributed by atoms with Crippen LogP contribution in [0.25, 0.3) is 11.3 Å². The first kappa shape index (κ1) is 16.5. The summed E-state index contributed by atoms with van der Waals surface area (Å²) < 4.78 is 2.17. The lowest BCUT2D eigenvalue weighted by atomic mass is 10.1. The quantitative estimate of drug-likeness (QED) is 0.361. The van der Waals surface area contributed by atoms with Crippen LogP contribution < -0.4 is 11.3 Å². The van der Waals surface area contributed by atoms with E-state index in [-0.39, 0.29) is 10.8 Å². The Morgan fingerprint density at radius 1 is 1.08 bits per heavy atom. The smallest absolute Gasteiger partial charge is 0.301 e. The molecule has 0 fully saturated rings. The molecule has 1 aromatic heterocycles. The molecule has 0 saturated carbocycles. The molecule has 3 aromatic rings. The summed E-state index contributed by atoms with van der Waals surface area (Å²) in [6.07, 6.45) is 0. The zero-order chi connectivity index (χ0) is 17.1. The number of H-pyrrole nitrogens is 1. The maximum absolute atomic E-state index is 12.5. The van der Waals surface area contributed by atoms with Crippen LogP contribution in [0.1, 0.15) is 0 Å². The average molecular weight is 449 g/mol. The van der Waals surface area contributed by atoms with Crippen molar-refractivity contribution in [3.8, 4) is 11.3 Å². The van der Waals surface area contributed by atoms with Crippen LogP contribution in [0.15, 0.2) is 69.6 Å². The van der Waals surface area contributed by atoms with E-state index in [1.807, 2.05) is 54.6 Å². The number of halogens is 1. The van der Waals surface area contributed by atoms with Crippen LogP contribution >= 0.6 is 34.8 Å². The van der Waals surface area contributed by atoms with Crippen molar-refractivity contribution in [1.29, 1.82) is 0 Å². The molecule has 0 amide bonds. The van der Waals surface area contributed by atoms with E-state index < -0.39 is 5.56 Å². The normalized spacial score (nSPS) is 11.0. The molecule has 0 aliphatic carbocycles. The molecule has 0 radical (unpaired) electrons. The molecule has 6 nitrogen and oxygen atoms in total. The van der Waals surface area contributed by atoms with Gasteiger partial charge in [0.25, 0.3) is 0 Å². The minimum atomic E-state index is -0.435. The van der Waals surface area contributed by atoms with Gasteiger partial charge in [-0.3, -0.25) is 9.89 Å². The van der Waals surface area contributed by atoms with Crippen molar-refractivity contribution < 1.29 is 0 Å². The first-order chi connectivity index (χ1) is 11.6. The van der Waals surface area contributed by atoms with Gasteiger partial charge >= 0.3 is 5.56 Å². The number of rotatable bonds is 3. The Labute approximate surface area is 156 Å². The number of nitrogens with two attached hydrogens (primary N) is 1. The highest BCUT2D eigenvalue weighted by atomic mass is 127. The van der Waals surface area contributed by atoms with Gasteiger partial charge in [-0.2, -0.15) is 9.80 Å². The third-order valence-corrected chi connectivity index (χ3v) is 4.14. The van der Waals surface area contributed by atoms with Gasteiger partial charge in [-0.1, -0.05) is 30.3 Å². The first-order valence-corrected chi connectivity index (χ1v) is 8.42. The highest BCUT2D eigenvalue weighted by molar-refractivity contribution is 14.1. The van der Waals surface area contributed by atoms with E-state index in [1.165, 1.54) is 0 Å². The van der Waals surface area contributed by atoms with Crippen molar-refractivity contribution in [1.82, 2.24) is 9.78 Å². The molecule has 24 heavy (non-hydrogen) atoms. The van der Waals surface area contributed by atoms with Crippen LogP contribution in [-0.2, 0) is 0 Å². The number of thiocarbonyl (C=S) groups is 1. The number of nitrogens with zero attached hydrogens (tertiary/aromatic N) is 3. The van der Waals surface area contributed by atoms with Crippen LogP contribution in [0, 0.1) is 3.57 Å². The van der Waals surface area contributed by atoms with E-state index in [0.717, 1.165) is 13.8 Å². The molecule has 120 valence electrons. The molecule has 8 heteroatoms. The van der Waals surface area contributed by atoms with Crippen LogP contribution in [0.3, 0.4) is 0 Å². The van der Waals surface area contributed by atoms with E-state index in [0.29, 0.717) is 11.4 Å². The molecule has 3 rings (SSSR count). The Bertz CT molecular complexity index is 960. The van der Waals surface area contributed by atoms with Crippen molar-refractivity contribution in [3.63, 3.8) is 0 Å². The summed E-state index contributed by atoms with van der Waals surface area (Å²) in [5, 5.41) is 11.1. The highest BCUT2D eigenvalue weighted by Gasteiger charge is 2.16. The maximum Gasteiger partial charge on any atom is 0.301 e. The molecule has 0 unspecified atom stereocenters. The molecule has 3 N–H and O–H groups in total. The van der Waals surface area contributed by atoms with Gasteiger partial charge in [-0.15, -0.1) is 5.11 Å². The second-order valence-corrected chi connectivity index (χ2v) is 6.52. The lowest BCUT2D eigenvalue weighted by Crippen LogP contribution is -2.29. The highest BCUT2D eigenvalue weighted by Crippen LogP contribution is 2.27. The Morgan fingerprint density at radius 2 is 1.75 bits per heavy atom. The van der Waals surface area contributed by atoms with Crippen LogP contribution in [0.5, 0.6) is 0 Å². The fourth-order valence-corrected chi connectivity index (χ4v) is 2.59. The number of nitrogens with one attached hydrogen (secondary N) is 1. The second kappa shape index (κ2) is 7.05. The van der Waals surface area contributed by atoms with Crippen LogP contribution in [-0.4, -0.2) is 14.9 Å². The molecular weight excluding hydrogens is 437 g/mol. The summed E-state index contributed by atoms with van der Waals surface area (Å²) in [4.78, 5) is 12.5. The number of benzene rings is 2. The van der Waals surface area contributed by atoms with Crippen molar-refractivity contribution >= 4 is 51.3 Å². The van der Waals surface area contributed by atoms with Crippen molar-refractivity contribution in [2.45, 2.75) is 0 Å². The Kier molecular flexibility index (Phi) is 4.86. The van der Waals surface area contributed by atoms with Crippen molar-refractivity contribution in [3.05, 3.63) is 68.5 Å². The van der Waals surface area contributed by atoms with Crippen LogP contribution in [0.4, 0.5) is 11.4 Å². The van der Waals surface area contributed by atoms with Crippen molar-refractivity contribution in [2.24, 2.45) is 16.0 Å². The molecular formula is C16H12IN5OS. The summed E-state index contributed by atoms with van der Waals surface area (Å²) in [5.74, 6) is 0. The molecule has 0 atom stereocenters. The van der Waals surface area contributed by atoms with Gasteiger partial charge < -0.3 is 5.73 Å². The van der Waals surface area contributed by atoms with Crippen molar-refractivity contribution in [2.75, 3.05) is 0 Å².